The van der Waals surface area contributed by atoms with Gasteiger partial charge in [-0.3, -0.25) is 0 Å². The first-order valence-corrected chi connectivity index (χ1v) is 1.39. The number of hydrogen-bond donors (Lipinski definition) is 1. The molecule has 5 nitrogen and oxygen atoms in total. The Labute approximate surface area is 35.8 Å². The Kier molecular flexibility index (Phi) is 5.43. The van der Waals surface area contributed by atoms with Gasteiger partial charge >= 0.3 is 0 Å². The third kappa shape index (κ3) is 4.23. The highest BCUT2D eigenvalue weighted by Gasteiger charge is 1.75. The predicted octanol–water partition coefficient (Wildman–Crippen LogP) is 0.0609. The Bertz CT molecular complexity index is 15.9. The summed E-state index contributed by atoms with van der Waals surface area (Å²) in [6, 6.07) is 0. The van der Waals surface area contributed by atoms with Crippen molar-refractivity contribution in [3.63, 3.8) is 0 Å². The zero-order chi connectivity index (χ0) is 4.83. The quantitative estimate of drug-likeness (QED) is 0.243. The van der Waals surface area contributed by atoms with Crippen LogP contribution in [0.15, 0.2) is 0 Å². The average Bonchev–Trinajstić information content (AvgIpc) is 1.61. The van der Waals surface area contributed by atoms with Crippen molar-refractivity contribution in [1.82, 2.24) is 0 Å². The highest BCUT2D eigenvalue weighted by Crippen LogP contribution is 1.85. The second-order valence-electron chi connectivity index (χ2n) is 0.307. The van der Waals surface area contributed by atoms with Crippen LogP contribution >= 0.6 is 9.47 Å². The lowest BCUT2D eigenvalue weighted by atomic mass is 14.3. The van der Waals surface area contributed by atoms with Gasteiger partial charge in [0.05, 0.1) is 0 Å². The summed E-state index contributed by atoms with van der Waals surface area (Å²) >= 11 is 0. The van der Waals surface area contributed by atoms with Gasteiger partial charge in [0, 0.05) is 9.47 Å². The van der Waals surface area contributed by atoms with Crippen LogP contribution in [0.1, 0.15) is 0 Å². The molecule has 6 heteroatoms. The second kappa shape index (κ2) is 5.23. The second-order valence-corrected chi connectivity index (χ2v) is 0.499. The highest BCUT2D eigenvalue weighted by molar-refractivity contribution is 7.09. The first-order valence-electron chi connectivity index (χ1n) is 0.918. The molecule has 1 unspecified atom stereocenters. The first-order chi connectivity index (χ1) is 2.91. The topological polar surface area (TPSA) is 57.2 Å². The molecule has 0 heterocycles. The van der Waals surface area contributed by atoms with Gasteiger partial charge in [-0.25, -0.2) is 5.26 Å². The maximum atomic E-state index is 7.26. The van der Waals surface area contributed by atoms with E-state index in [-0.39, 0.29) is 0 Å². The molecule has 0 saturated heterocycles. The van der Waals surface area contributed by atoms with Crippen LogP contribution in [0, 0.1) is 0 Å². The van der Waals surface area contributed by atoms with Gasteiger partial charge in [-0.05, 0) is 15.1 Å². The molecule has 0 aliphatic carbocycles. The summed E-state index contributed by atoms with van der Waals surface area (Å²) < 4.78 is 3.69. The summed E-state index contributed by atoms with van der Waals surface area (Å²) in [5, 5.41) is 17.0. The largest absolute Gasteiger partial charge is 0.219 e. The van der Waals surface area contributed by atoms with E-state index in [1.807, 2.05) is 0 Å². The molecular weight excluding hydrogens is 111 g/mol. The predicted molar refractivity (Wildman–Crippen MR) is 16.7 cm³/mol. The normalized spacial score (nSPS) is 9.00. The summed E-state index contributed by atoms with van der Waals surface area (Å²) in [7, 11) is 1.69. The molecule has 0 aromatic heterocycles. The average molecular weight is 114 g/mol. The molecule has 38 valence electrons. The van der Waals surface area contributed by atoms with Gasteiger partial charge in [0.25, 0.3) is 0 Å². The van der Waals surface area contributed by atoms with Crippen molar-refractivity contribution in [2.24, 2.45) is 0 Å². The van der Waals surface area contributed by atoms with Crippen LogP contribution in [-0.2, 0) is 19.8 Å². The van der Waals surface area contributed by atoms with Crippen molar-refractivity contribution in [2.75, 3.05) is 0 Å². The third-order valence-electron chi connectivity index (χ3n) is 0.0975. The summed E-state index contributed by atoms with van der Waals surface area (Å²) in [6.45, 7) is 0. The lowest BCUT2D eigenvalue weighted by Gasteiger charge is -1.86. The van der Waals surface area contributed by atoms with Crippen molar-refractivity contribution >= 4 is 9.47 Å². The van der Waals surface area contributed by atoms with E-state index in [4.69, 9.17) is 5.26 Å². The van der Waals surface area contributed by atoms with Gasteiger partial charge < -0.3 is 0 Å². The molecule has 0 spiro atoms. The van der Waals surface area contributed by atoms with Gasteiger partial charge in [0.1, 0.15) is 0 Å². The molecule has 1 atom stereocenters. The summed E-state index contributed by atoms with van der Waals surface area (Å²) in [5.41, 5.74) is 0. The van der Waals surface area contributed by atoms with Crippen LogP contribution in [0.5, 0.6) is 0 Å². The van der Waals surface area contributed by atoms with Crippen molar-refractivity contribution in [2.45, 2.75) is 0 Å². The highest BCUT2D eigenvalue weighted by atomic mass is 31.0. The van der Waals surface area contributed by atoms with E-state index in [0.717, 1.165) is 0 Å². The van der Waals surface area contributed by atoms with Crippen molar-refractivity contribution in [1.29, 1.82) is 0 Å². The molecule has 0 fully saturated rings. The molecule has 0 saturated carbocycles. The Balaban J connectivity index is 2.34. The van der Waals surface area contributed by atoms with Crippen LogP contribution in [0.4, 0.5) is 0 Å². The van der Waals surface area contributed by atoms with Crippen molar-refractivity contribution < 1.29 is 25.0 Å². The Morgan fingerprint density at radius 3 is 2.17 bits per heavy atom. The van der Waals surface area contributed by atoms with E-state index in [0.29, 0.717) is 0 Å². The minimum Gasteiger partial charge on any atom is -0.219 e. The monoisotopic (exact) mass is 114 g/mol. The zero-order valence-corrected chi connectivity index (χ0v) is 3.81. The lowest BCUT2D eigenvalue weighted by molar-refractivity contribution is -0.683. The molecule has 6 heavy (non-hydrogen) atoms. The molecule has 0 rings (SSSR count). The van der Waals surface area contributed by atoms with Gasteiger partial charge in [0.15, 0.2) is 0 Å². The number of hydrogen-bond acceptors (Lipinski definition) is 5. The van der Waals surface area contributed by atoms with E-state index in [2.05, 4.69) is 19.8 Å². The lowest BCUT2D eigenvalue weighted by Crippen LogP contribution is -1.86. The zero-order valence-electron chi connectivity index (χ0n) is 2.66. The SMILES string of the molecule is OOOOOP. The summed E-state index contributed by atoms with van der Waals surface area (Å²) in [5.74, 6) is 0. The van der Waals surface area contributed by atoms with E-state index < -0.39 is 0 Å². The molecular formula is H3O5P. The molecule has 0 aliphatic rings. The fourth-order valence-corrected chi connectivity index (χ4v) is 0.0605. The van der Waals surface area contributed by atoms with E-state index in [1.54, 1.807) is 9.47 Å². The van der Waals surface area contributed by atoms with E-state index in [9.17, 15) is 0 Å². The minimum atomic E-state index is 1.69. The maximum absolute atomic E-state index is 7.26. The molecule has 0 amide bonds. The molecule has 1 N–H and O–H groups in total. The van der Waals surface area contributed by atoms with Crippen molar-refractivity contribution in [3.8, 4) is 0 Å². The molecule has 0 bridgehead atoms. The number of rotatable bonds is 3. The standard InChI is InChI=1S/H3O5P/c1-2-3-4-5-6/h1H,6H2. The molecule has 0 aromatic carbocycles. The van der Waals surface area contributed by atoms with Crippen LogP contribution in [0.3, 0.4) is 0 Å². The fraction of sp³-hybridized carbons (Fsp3) is 0. The smallest absolute Gasteiger partial charge is 0.0457 e. The molecule has 0 aliphatic heterocycles. The summed E-state index contributed by atoms with van der Waals surface area (Å²) in [4.78, 5) is 0. The molecule has 0 aromatic rings. The van der Waals surface area contributed by atoms with Gasteiger partial charge in [-0.15, -0.1) is 0 Å². The van der Waals surface area contributed by atoms with Crippen LogP contribution < -0.4 is 0 Å². The molecule has 0 radical (unpaired) electrons. The van der Waals surface area contributed by atoms with Gasteiger partial charge in [0.2, 0.25) is 0 Å². The Morgan fingerprint density at radius 1 is 1.33 bits per heavy atom. The van der Waals surface area contributed by atoms with E-state index in [1.165, 1.54) is 0 Å². The Morgan fingerprint density at radius 2 is 2.00 bits per heavy atom. The van der Waals surface area contributed by atoms with Gasteiger partial charge in [-0.1, -0.05) is 0 Å². The fourth-order valence-electron chi connectivity index (χ4n) is 0.0285. The van der Waals surface area contributed by atoms with Crippen LogP contribution in [0.2, 0.25) is 0 Å². The Hall–Kier alpha value is 0.230. The maximum Gasteiger partial charge on any atom is 0.0457 e. The third-order valence-corrected chi connectivity index (χ3v) is 0.176. The van der Waals surface area contributed by atoms with Crippen LogP contribution in [-0.4, -0.2) is 5.26 Å². The summed E-state index contributed by atoms with van der Waals surface area (Å²) in [6.07, 6.45) is 0. The van der Waals surface area contributed by atoms with Crippen LogP contribution in [0.25, 0.3) is 0 Å². The first kappa shape index (κ1) is 6.23. The van der Waals surface area contributed by atoms with E-state index >= 15 is 0 Å². The van der Waals surface area contributed by atoms with Gasteiger partial charge in [-0.2, -0.15) is 4.67 Å². The van der Waals surface area contributed by atoms with Crippen molar-refractivity contribution in [3.05, 3.63) is 0 Å². The minimum absolute atomic E-state index is 1.69.